The number of nitrogens with zero attached hydrogens (tertiary/aromatic N) is 1. The van der Waals surface area contributed by atoms with E-state index in [4.69, 9.17) is 16.3 Å². The van der Waals surface area contributed by atoms with Crippen LogP contribution in [0, 0.1) is 0 Å². The van der Waals surface area contributed by atoms with Gasteiger partial charge in [0.2, 0.25) is 10.0 Å². The van der Waals surface area contributed by atoms with Crippen molar-refractivity contribution in [1.29, 1.82) is 0 Å². The molecule has 4 nitrogen and oxygen atoms in total. The van der Waals surface area contributed by atoms with Gasteiger partial charge >= 0.3 is 0 Å². The van der Waals surface area contributed by atoms with Crippen molar-refractivity contribution in [3.63, 3.8) is 0 Å². The van der Waals surface area contributed by atoms with Gasteiger partial charge < -0.3 is 4.74 Å². The van der Waals surface area contributed by atoms with Crippen LogP contribution in [0.1, 0.15) is 13.8 Å². The third-order valence-corrected chi connectivity index (χ3v) is 4.94. The van der Waals surface area contributed by atoms with E-state index in [2.05, 4.69) is 0 Å². The van der Waals surface area contributed by atoms with Crippen LogP contribution in [0.25, 0.3) is 0 Å². The molecule has 0 bridgehead atoms. The summed E-state index contributed by atoms with van der Waals surface area (Å²) in [7, 11) is -3.45. The number of halogens is 1. The van der Waals surface area contributed by atoms with E-state index in [1.807, 2.05) is 13.8 Å². The van der Waals surface area contributed by atoms with Crippen LogP contribution in [-0.2, 0) is 14.8 Å². The normalized spacial score (nSPS) is 26.2. The summed E-state index contributed by atoms with van der Waals surface area (Å²) in [4.78, 5) is 0.271. The maximum absolute atomic E-state index is 12.4. The number of ether oxygens (including phenoxy) is 1. The summed E-state index contributed by atoms with van der Waals surface area (Å²) in [5.74, 6) is 0. The van der Waals surface area contributed by atoms with Crippen LogP contribution in [0.5, 0.6) is 0 Å². The minimum absolute atomic E-state index is 0.0872. The Balaban J connectivity index is 2.28. The lowest BCUT2D eigenvalue weighted by molar-refractivity contribution is -0.0440. The average Bonchev–Trinajstić information content (AvgIpc) is 2.28. The summed E-state index contributed by atoms with van der Waals surface area (Å²) < 4.78 is 31.8. The molecule has 2 atom stereocenters. The smallest absolute Gasteiger partial charge is 0.243 e. The van der Waals surface area contributed by atoms with Gasteiger partial charge in [-0.05, 0) is 38.1 Å². The molecule has 1 aliphatic heterocycles. The van der Waals surface area contributed by atoms with Crippen LogP contribution in [-0.4, -0.2) is 38.0 Å². The third kappa shape index (κ3) is 2.85. The highest BCUT2D eigenvalue weighted by atomic mass is 35.5. The number of hydrogen-bond donors (Lipinski definition) is 0. The molecule has 1 fully saturated rings. The molecule has 0 radical (unpaired) electrons. The van der Waals surface area contributed by atoms with Crippen LogP contribution in [0.3, 0.4) is 0 Å². The maximum atomic E-state index is 12.4. The summed E-state index contributed by atoms with van der Waals surface area (Å²) in [6, 6.07) is 6.23. The van der Waals surface area contributed by atoms with Gasteiger partial charge in [0.25, 0.3) is 0 Å². The number of benzene rings is 1. The average molecular weight is 290 g/mol. The van der Waals surface area contributed by atoms with Gasteiger partial charge in [-0.1, -0.05) is 11.6 Å². The highest BCUT2D eigenvalue weighted by molar-refractivity contribution is 7.89. The molecule has 0 saturated carbocycles. The van der Waals surface area contributed by atoms with Gasteiger partial charge in [-0.2, -0.15) is 4.31 Å². The van der Waals surface area contributed by atoms with Gasteiger partial charge in [0.15, 0.2) is 0 Å². The molecule has 6 heteroatoms. The molecule has 0 spiro atoms. The number of rotatable bonds is 2. The summed E-state index contributed by atoms with van der Waals surface area (Å²) in [6.45, 7) is 4.52. The molecule has 2 rings (SSSR count). The number of hydrogen-bond acceptors (Lipinski definition) is 3. The van der Waals surface area contributed by atoms with E-state index in [-0.39, 0.29) is 17.1 Å². The predicted molar refractivity (Wildman–Crippen MR) is 70.2 cm³/mol. The molecular formula is C12H16ClNO3S. The molecule has 0 unspecified atom stereocenters. The Kier molecular flexibility index (Phi) is 3.96. The molecule has 1 aliphatic rings. The van der Waals surface area contributed by atoms with Gasteiger partial charge in [-0.3, -0.25) is 0 Å². The van der Waals surface area contributed by atoms with Crippen molar-refractivity contribution in [3.05, 3.63) is 29.3 Å². The van der Waals surface area contributed by atoms with E-state index in [1.54, 1.807) is 12.1 Å². The SMILES string of the molecule is C[C@@H]1CN(S(=O)(=O)c2ccc(Cl)cc2)C[C@H](C)O1. The van der Waals surface area contributed by atoms with Crippen LogP contribution >= 0.6 is 11.6 Å². The predicted octanol–water partition coefficient (Wildman–Crippen LogP) is 2.14. The molecule has 1 aromatic rings. The third-order valence-electron chi connectivity index (χ3n) is 2.84. The molecular weight excluding hydrogens is 274 g/mol. The first-order valence-electron chi connectivity index (χ1n) is 5.81. The fraction of sp³-hybridized carbons (Fsp3) is 0.500. The molecule has 1 saturated heterocycles. The van der Waals surface area contributed by atoms with Crippen LogP contribution < -0.4 is 0 Å². The first-order valence-corrected chi connectivity index (χ1v) is 7.62. The molecule has 0 aromatic heterocycles. The highest BCUT2D eigenvalue weighted by Crippen LogP contribution is 2.22. The van der Waals surface area contributed by atoms with Gasteiger partial charge in [0.1, 0.15) is 0 Å². The Morgan fingerprint density at radius 3 is 2.17 bits per heavy atom. The second-order valence-corrected chi connectivity index (χ2v) is 6.91. The van der Waals surface area contributed by atoms with Crippen LogP contribution in [0.2, 0.25) is 5.02 Å². The molecule has 18 heavy (non-hydrogen) atoms. The molecule has 1 heterocycles. The first-order chi connectivity index (χ1) is 8.39. The van der Waals surface area contributed by atoms with E-state index in [0.717, 1.165) is 0 Å². The lowest BCUT2D eigenvalue weighted by atomic mass is 10.3. The van der Waals surface area contributed by atoms with E-state index >= 15 is 0 Å². The topological polar surface area (TPSA) is 46.6 Å². The van der Waals surface area contributed by atoms with Crippen molar-refractivity contribution in [2.45, 2.75) is 31.0 Å². The van der Waals surface area contributed by atoms with Crippen LogP contribution in [0.15, 0.2) is 29.2 Å². The van der Waals surface area contributed by atoms with Crippen molar-refractivity contribution in [3.8, 4) is 0 Å². The van der Waals surface area contributed by atoms with Crippen molar-refractivity contribution in [2.24, 2.45) is 0 Å². The second kappa shape index (κ2) is 5.17. The van der Waals surface area contributed by atoms with E-state index < -0.39 is 10.0 Å². The molecule has 0 aliphatic carbocycles. The van der Waals surface area contributed by atoms with Crippen molar-refractivity contribution in [2.75, 3.05) is 13.1 Å². The minimum atomic E-state index is -3.45. The summed E-state index contributed by atoms with van der Waals surface area (Å²) in [5, 5.41) is 0.526. The van der Waals surface area contributed by atoms with Gasteiger partial charge in [0, 0.05) is 18.1 Å². The summed E-state index contributed by atoms with van der Waals surface area (Å²) in [5.41, 5.74) is 0. The number of morpholine rings is 1. The van der Waals surface area contributed by atoms with Crippen molar-refractivity contribution >= 4 is 21.6 Å². The Labute approximate surface area is 113 Å². The lowest BCUT2D eigenvalue weighted by Gasteiger charge is -2.34. The standard InChI is InChI=1S/C12H16ClNO3S/c1-9-7-14(8-10(2)17-9)18(15,16)12-5-3-11(13)4-6-12/h3-6,9-10H,7-8H2,1-2H3/t9-,10+. The van der Waals surface area contributed by atoms with Gasteiger partial charge in [-0.25, -0.2) is 8.42 Å². The zero-order chi connectivity index (χ0) is 13.3. The second-order valence-electron chi connectivity index (χ2n) is 4.53. The van der Waals surface area contributed by atoms with Crippen molar-refractivity contribution < 1.29 is 13.2 Å². The largest absolute Gasteiger partial charge is 0.373 e. The quantitative estimate of drug-likeness (QED) is 0.838. The molecule has 1 aromatic carbocycles. The Morgan fingerprint density at radius 1 is 1.17 bits per heavy atom. The summed E-state index contributed by atoms with van der Waals surface area (Å²) >= 11 is 5.77. The number of sulfonamides is 1. The van der Waals surface area contributed by atoms with Gasteiger partial charge in [0.05, 0.1) is 17.1 Å². The molecule has 0 N–H and O–H groups in total. The van der Waals surface area contributed by atoms with Crippen molar-refractivity contribution in [1.82, 2.24) is 4.31 Å². The molecule has 100 valence electrons. The molecule has 0 amide bonds. The fourth-order valence-electron chi connectivity index (χ4n) is 2.08. The Morgan fingerprint density at radius 2 is 1.67 bits per heavy atom. The summed E-state index contributed by atoms with van der Waals surface area (Å²) in [6.07, 6.45) is -0.174. The van der Waals surface area contributed by atoms with E-state index in [0.29, 0.717) is 18.1 Å². The fourth-order valence-corrected chi connectivity index (χ4v) is 3.80. The van der Waals surface area contributed by atoms with E-state index in [9.17, 15) is 8.42 Å². The minimum Gasteiger partial charge on any atom is -0.373 e. The van der Waals surface area contributed by atoms with E-state index in [1.165, 1.54) is 16.4 Å². The highest BCUT2D eigenvalue weighted by Gasteiger charge is 2.31. The monoisotopic (exact) mass is 289 g/mol. The zero-order valence-corrected chi connectivity index (χ0v) is 11.9. The zero-order valence-electron chi connectivity index (χ0n) is 10.3. The van der Waals surface area contributed by atoms with Gasteiger partial charge in [-0.15, -0.1) is 0 Å². The first kappa shape index (κ1) is 13.8. The Hall–Kier alpha value is -0.620. The Bertz CT molecular complexity index is 505. The van der Waals surface area contributed by atoms with Crippen LogP contribution in [0.4, 0.5) is 0 Å². The maximum Gasteiger partial charge on any atom is 0.243 e. The lowest BCUT2D eigenvalue weighted by Crippen LogP contribution is -2.48.